The number of rotatable bonds is 6. The third-order valence-electron chi connectivity index (χ3n) is 3.95. The maximum atomic E-state index is 10.7. The van der Waals surface area contributed by atoms with Crippen LogP contribution >= 0.6 is 0 Å². The Morgan fingerprint density at radius 2 is 1.52 bits per heavy atom. The molecule has 3 nitrogen and oxygen atoms in total. The van der Waals surface area contributed by atoms with Crippen LogP contribution in [0.4, 0.5) is 0 Å². The van der Waals surface area contributed by atoms with Crippen molar-refractivity contribution in [2.24, 2.45) is 0 Å². The Kier molecular flexibility index (Phi) is 5.14. The zero-order valence-corrected chi connectivity index (χ0v) is 14.4. The molecule has 3 rings (SSSR count). The molecule has 0 radical (unpaired) electrons. The zero-order valence-electron chi connectivity index (χ0n) is 14.4. The van der Waals surface area contributed by atoms with Gasteiger partial charge in [0.05, 0.1) is 0 Å². The molecular weight excluding hydrogens is 312 g/mol. The quantitative estimate of drug-likeness (QED) is 0.560. The molecule has 25 heavy (non-hydrogen) atoms. The fraction of sp³-hybridized carbons (Fsp3) is 0.136. The molecule has 0 aliphatic carbocycles. The lowest BCUT2D eigenvalue weighted by Crippen LogP contribution is -1.97. The Morgan fingerprint density at radius 3 is 2.20 bits per heavy atom. The number of aldehydes is 1. The number of aryl methyl sites for hydroxylation is 2. The van der Waals surface area contributed by atoms with Crippen molar-refractivity contribution in [2.45, 2.75) is 20.5 Å². The molecular formula is C22H20O3. The minimum atomic E-state index is 0.435. The van der Waals surface area contributed by atoms with Crippen molar-refractivity contribution in [3.8, 4) is 17.2 Å². The molecule has 0 aliphatic rings. The molecule has 0 unspecified atom stereocenters. The summed E-state index contributed by atoms with van der Waals surface area (Å²) in [5, 5.41) is 0. The van der Waals surface area contributed by atoms with E-state index < -0.39 is 0 Å². The van der Waals surface area contributed by atoms with Gasteiger partial charge in [-0.1, -0.05) is 30.3 Å². The minimum Gasteiger partial charge on any atom is -0.489 e. The van der Waals surface area contributed by atoms with Crippen molar-refractivity contribution >= 4 is 6.29 Å². The van der Waals surface area contributed by atoms with Crippen LogP contribution in [0.1, 0.15) is 27.0 Å². The van der Waals surface area contributed by atoms with Crippen LogP contribution in [0.5, 0.6) is 17.2 Å². The normalized spacial score (nSPS) is 10.3. The summed E-state index contributed by atoms with van der Waals surface area (Å²) in [5.41, 5.74) is 3.87. The third-order valence-corrected chi connectivity index (χ3v) is 3.95. The van der Waals surface area contributed by atoms with Crippen molar-refractivity contribution in [3.63, 3.8) is 0 Å². The number of carbonyl (C=O) groups excluding carboxylic acids is 1. The summed E-state index contributed by atoms with van der Waals surface area (Å²) in [6.07, 6.45) is 0.818. The summed E-state index contributed by atoms with van der Waals surface area (Å²) < 4.78 is 11.8. The molecule has 0 saturated heterocycles. The first-order chi connectivity index (χ1) is 12.2. The predicted molar refractivity (Wildman–Crippen MR) is 98.6 cm³/mol. The molecule has 126 valence electrons. The van der Waals surface area contributed by atoms with Crippen molar-refractivity contribution in [1.29, 1.82) is 0 Å². The molecule has 0 heterocycles. The van der Waals surface area contributed by atoms with Crippen molar-refractivity contribution in [1.82, 2.24) is 0 Å². The minimum absolute atomic E-state index is 0.435. The molecule has 0 atom stereocenters. The van der Waals surface area contributed by atoms with Crippen molar-refractivity contribution in [2.75, 3.05) is 0 Å². The third kappa shape index (κ3) is 4.27. The highest BCUT2D eigenvalue weighted by molar-refractivity contribution is 5.74. The molecule has 3 aromatic rings. The number of hydrogen-bond donors (Lipinski definition) is 0. The first-order valence-electron chi connectivity index (χ1n) is 8.17. The second-order valence-corrected chi connectivity index (χ2v) is 5.95. The van der Waals surface area contributed by atoms with Crippen molar-refractivity contribution < 1.29 is 14.3 Å². The van der Waals surface area contributed by atoms with Gasteiger partial charge in [-0.25, -0.2) is 0 Å². The highest BCUT2D eigenvalue weighted by Gasteiger charge is 2.06. The van der Waals surface area contributed by atoms with Gasteiger partial charge in [0.1, 0.15) is 30.1 Å². The molecule has 3 heteroatoms. The fourth-order valence-corrected chi connectivity index (χ4v) is 2.59. The SMILES string of the molecule is Cc1cccc(C)c1Oc1cccc(COc2ccc(C=O)cc2)c1. The van der Waals surface area contributed by atoms with E-state index in [1.54, 1.807) is 24.3 Å². The largest absolute Gasteiger partial charge is 0.489 e. The van der Waals surface area contributed by atoms with E-state index in [1.807, 2.05) is 56.3 Å². The van der Waals surface area contributed by atoms with Crippen LogP contribution in [0.2, 0.25) is 0 Å². The first-order valence-corrected chi connectivity index (χ1v) is 8.17. The van der Waals surface area contributed by atoms with Gasteiger partial charge in [0.15, 0.2) is 0 Å². The monoisotopic (exact) mass is 332 g/mol. The molecule has 0 spiro atoms. The average Bonchev–Trinajstić information content (AvgIpc) is 2.64. The van der Waals surface area contributed by atoms with Gasteiger partial charge in [0.25, 0.3) is 0 Å². The number of hydrogen-bond acceptors (Lipinski definition) is 3. The van der Waals surface area contributed by atoms with Crippen LogP contribution in [0.25, 0.3) is 0 Å². The Hall–Kier alpha value is -3.07. The summed E-state index contributed by atoms with van der Waals surface area (Å²) in [6, 6.07) is 21.0. The van der Waals surface area contributed by atoms with E-state index in [4.69, 9.17) is 9.47 Å². The Balaban J connectivity index is 1.69. The summed E-state index contributed by atoms with van der Waals surface area (Å²) in [4.78, 5) is 10.7. The molecule has 0 aliphatic heterocycles. The Bertz CT molecular complexity index is 846. The van der Waals surface area contributed by atoms with Crippen LogP contribution < -0.4 is 9.47 Å². The second-order valence-electron chi connectivity index (χ2n) is 5.95. The van der Waals surface area contributed by atoms with Gasteiger partial charge in [-0.15, -0.1) is 0 Å². The van der Waals surface area contributed by atoms with Crippen LogP contribution in [-0.4, -0.2) is 6.29 Å². The van der Waals surface area contributed by atoms with E-state index >= 15 is 0 Å². The van der Waals surface area contributed by atoms with Gasteiger partial charge in [-0.05, 0) is 66.9 Å². The standard InChI is InChI=1S/C22H20O3/c1-16-5-3-6-17(2)22(16)25-21-8-4-7-19(13-21)15-24-20-11-9-18(14-23)10-12-20/h3-14H,15H2,1-2H3. The lowest BCUT2D eigenvalue weighted by molar-refractivity contribution is 0.112. The smallest absolute Gasteiger partial charge is 0.150 e. The summed E-state index contributed by atoms with van der Waals surface area (Å²) in [5.74, 6) is 2.41. The summed E-state index contributed by atoms with van der Waals surface area (Å²) >= 11 is 0. The maximum absolute atomic E-state index is 10.7. The molecule has 0 saturated carbocycles. The van der Waals surface area contributed by atoms with Gasteiger partial charge >= 0.3 is 0 Å². The Labute approximate surface area is 147 Å². The van der Waals surface area contributed by atoms with Crippen LogP contribution in [0, 0.1) is 13.8 Å². The van der Waals surface area contributed by atoms with Crippen molar-refractivity contribution in [3.05, 3.63) is 89.0 Å². The summed E-state index contributed by atoms with van der Waals surface area (Å²) in [7, 11) is 0. The molecule has 0 bridgehead atoms. The molecule has 3 aromatic carbocycles. The van der Waals surface area contributed by atoms with Gasteiger partial charge in [-0.3, -0.25) is 4.79 Å². The topological polar surface area (TPSA) is 35.5 Å². The number of para-hydroxylation sites is 1. The zero-order chi connectivity index (χ0) is 17.6. The van der Waals surface area contributed by atoms with Gasteiger partial charge in [-0.2, -0.15) is 0 Å². The van der Waals surface area contributed by atoms with E-state index in [9.17, 15) is 4.79 Å². The van der Waals surface area contributed by atoms with E-state index in [-0.39, 0.29) is 0 Å². The van der Waals surface area contributed by atoms with Crippen LogP contribution in [-0.2, 0) is 6.61 Å². The maximum Gasteiger partial charge on any atom is 0.150 e. The lowest BCUT2D eigenvalue weighted by Gasteiger charge is -2.13. The average molecular weight is 332 g/mol. The molecule has 0 N–H and O–H groups in total. The van der Waals surface area contributed by atoms with E-state index in [1.165, 1.54) is 0 Å². The fourth-order valence-electron chi connectivity index (χ4n) is 2.59. The Morgan fingerprint density at radius 1 is 0.840 bits per heavy atom. The van der Waals surface area contributed by atoms with Gasteiger partial charge in [0.2, 0.25) is 0 Å². The highest BCUT2D eigenvalue weighted by atomic mass is 16.5. The highest BCUT2D eigenvalue weighted by Crippen LogP contribution is 2.29. The number of benzene rings is 3. The molecule has 0 aromatic heterocycles. The number of carbonyl (C=O) groups is 1. The lowest BCUT2D eigenvalue weighted by atomic mass is 10.1. The first kappa shape index (κ1) is 16.8. The van der Waals surface area contributed by atoms with E-state index in [0.717, 1.165) is 40.2 Å². The van der Waals surface area contributed by atoms with E-state index in [0.29, 0.717) is 12.2 Å². The second kappa shape index (κ2) is 7.67. The van der Waals surface area contributed by atoms with Gasteiger partial charge in [0, 0.05) is 5.56 Å². The van der Waals surface area contributed by atoms with Crippen LogP contribution in [0.15, 0.2) is 66.7 Å². The van der Waals surface area contributed by atoms with Crippen LogP contribution in [0.3, 0.4) is 0 Å². The molecule has 0 amide bonds. The number of ether oxygens (including phenoxy) is 2. The molecule has 0 fully saturated rings. The van der Waals surface area contributed by atoms with E-state index in [2.05, 4.69) is 0 Å². The predicted octanol–water partition coefficient (Wildman–Crippen LogP) is 5.49. The van der Waals surface area contributed by atoms with Gasteiger partial charge < -0.3 is 9.47 Å². The summed E-state index contributed by atoms with van der Waals surface area (Å²) in [6.45, 7) is 4.51.